The summed E-state index contributed by atoms with van der Waals surface area (Å²) in [6.45, 7) is 3.84. The molecule has 0 bridgehead atoms. The summed E-state index contributed by atoms with van der Waals surface area (Å²) in [6.07, 6.45) is 1.87. The molecule has 1 aromatic rings. The van der Waals surface area contributed by atoms with Crippen LogP contribution in [0.1, 0.15) is 16.7 Å². The molecule has 0 aliphatic rings. The Hall–Kier alpha value is -0.890. The standard InChI is InChI=1S/C10H12OS/c1-7-5-9(3-4-12)8(2)10(11)6-7/h3-6,11-12H,1-2H3/b4-3-. The molecule has 0 heterocycles. The van der Waals surface area contributed by atoms with Crippen LogP contribution in [0.5, 0.6) is 5.75 Å². The van der Waals surface area contributed by atoms with E-state index in [-0.39, 0.29) is 0 Å². The predicted molar refractivity (Wildman–Crippen MR) is 55.6 cm³/mol. The minimum atomic E-state index is 0.344. The van der Waals surface area contributed by atoms with E-state index in [1.165, 1.54) is 0 Å². The number of aromatic hydroxyl groups is 1. The summed E-state index contributed by atoms with van der Waals surface area (Å²) in [5.41, 5.74) is 2.97. The maximum Gasteiger partial charge on any atom is 0.119 e. The van der Waals surface area contributed by atoms with Crippen molar-refractivity contribution in [1.82, 2.24) is 0 Å². The third kappa shape index (κ3) is 1.83. The van der Waals surface area contributed by atoms with E-state index in [0.717, 1.165) is 16.7 Å². The molecule has 0 radical (unpaired) electrons. The van der Waals surface area contributed by atoms with Crippen molar-refractivity contribution >= 4 is 18.7 Å². The summed E-state index contributed by atoms with van der Waals surface area (Å²) in [4.78, 5) is 0. The Morgan fingerprint density at radius 3 is 2.58 bits per heavy atom. The van der Waals surface area contributed by atoms with Crippen LogP contribution in [-0.2, 0) is 0 Å². The summed E-state index contributed by atoms with van der Waals surface area (Å²) < 4.78 is 0. The van der Waals surface area contributed by atoms with E-state index in [9.17, 15) is 5.11 Å². The molecule has 0 aliphatic heterocycles. The van der Waals surface area contributed by atoms with Gasteiger partial charge in [0.1, 0.15) is 5.75 Å². The SMILES string of the molecule is Cc1cc(O)c(C)c(/C=C\S)c1. The highest BCUT2D eigenvalue weighted by Crippen LogP contribution is 2.23. The minimum Gasteiger partial charge on any atom is -0.508 e. The lowest BCUT2D eigenvalue weighted by Crippen LogP contribution is -1.83. The van der Waals surface area contributed by atoms with Crippen molar-refractivity contribution in [2.24, 2.45) is 0 Å². The van der Waals surface area contributed by atoms with Gasteiger partial charge in [0, 0.05) is 0 Å². The molecule has 12 heavy (non-hydrogen) atoms. The fourth-order valence-electron chi connectivity index (χ4n) is 1.12. The van der Waals surface area contributed by atoms with E-state index in [4.69, 9.17) is 0 Å². The van der Waals surface area contributed by atoms with Crippen LogP contribution in [0.15, 0.2) is 17.5 Å². The molecular weight excluding hydrogens is 168 g/mol. The summed E-state index contributed by atoms with van der Waals surface area (Å²) in [7, 11) is 0. The van der Waals surface area contributed by atoms with Crippen molar-refractivity contribution in [3.05, 3.63) is 34.2 Å². The van der Waals surface area contributed by atoms with Crippen LogP contribution in [0.25, 0.3) is 6.08 Å². The quantitative estimate of drug-likeness (QED) is 0.637. The average molecular weight is 180 g/mol. The zero-order valence-electron chi connectivity index (χ0n) is 7.20. The highest BCUT2D eigenvalue weighted by atomic mass is 32.1. The first-order chi connectivity index (χ1) is 5.65. The van der Waals surface area contributed by atoms with Crippen molar-refractivity contribution in [2.45, 2.75) is 13.8 Å². The van der Waals surface area contributed by atoms with Crippen LogP contribution in [0.4, 0.5) is 0 Å². The maximum atomic E-state index is 9.45. The lowest BCUT2D eigenvalue weighted by atomic mass is 10.0. The Bertz CT molecular complexity index is 316. The molecule has 2 heteroatoms. The second-order valence-electron chi connectivity index (χ2n) is 2.81. The van der Waals surface area contributed by atoms with Crippen molar-refractivity contribution in [2.75, 3.05) is 0 Å². The van der Waals surface area contributed by atoms with Gasteiger partial charge in [-0.15, -0.1) is 0 Å². The Labute approximate surface area is 78.2 Å². The van der Waals surface area contributed by atoms with Gasteiger partial charge in [0.05, 0.1) is 0 Å². The van der Waals surface area contributed by atoms with Gasteiger partial charge in [-0.25, -0.2) is 0 Å². The van der Waals surface area contributed by atoms with Crippen LogP contribution >= 0.6 is 12.6 Å². The molecular formula is C10H12OS. The zero-order valence-corrected chi connectivity index (χ0v) is 8.10. The number of thiol groups is 1. The molecule has 1 nitrogen and oxygen atoms in total. The summed E-state index contributed by atoms with van der Waals surface area (Å²) in [6, 6.07) is 3.77. The van der Waals surface area contributed by atoms with Gasteiger partial charge < -0.3 is 5.11 Å². The molecule has 0 aromatic heterocycles. The third-order valence-electron chi connectivity index (χ3n) is 1.82. The van der Waals surface area contributed by atoms with Crippen LogP contribution in [0.2, 0.25) is 0 Å². The largest absolute Gasteiger partial charge is 0.508 e. The number of hydrogen-bond acceptors (Lipinski definition) is 2. The van der Waals surface area contributed by atoms with E-state index in [1.54, 1.807) is 11.5 Å². The molecule has 1 aromatic carbocycles. The summed E-state index contributed by atoms with van der Waals surface area (Å²) in [5, 5.41) is 11.1. The Balaban J connectivity index is 3.27. The number of phenolic OH excluding ortho intramolecular Hbond substituents is 1. The molecule has 0 atom stereocenters. The molecule has 0 saturated carbocycles. The molecule has 0 amide bonds. The van der Waals surface area contributed by atoms with E-state index in [0.29, 0.717) is 5.75 Å². The molecule has 0 fully saturated rings. The summed E-state index contributed by atoms with van der Waals surface area (Å²) in [5.74, 6) is 0.344. The third-order valence-corrected chi connectivity index (χ3v) is 1.97. The van der Waals surface area contributed by atoms with Gasteiger partial charge in [-0.1, -0.05) is 6.07 Å². The normalized spacial score (nSPS) is 10.9. The Kier molecular flexibility index (Phi) is 2.82. The average Bonchev–Trinajstić information content (AvgIpc) is 2.00. The van der Waals surface area contributed by atoms with Crippen LogP contribution < -0.4 is 0 Å². The lowest BCUT2D eigenvalue weighted by molar-refractivity contribution is 0.470. The molecule has 0 saturated heterocycles. The van der Waals surface area contributed by atoms with Gasteiger partial charge in [0.25, 0.3) is 0 Å². The molecule has 0 aliphatic carbocycles. The molecule has 1 N–H and O–H groups in total. The maximum absolute atomic E-state index is 9.45. The van der Waals surface area contributed by atoms with E-state index < -0.39 is 0 Å². The second-order valence-corrected chi connectivity index (χ2v) is 3.11. The van der Waals surface area contributed by atoms with Gasteiger partial charge in [-0.3, -0.25) is 0 Å². The minimum absolute atomic E-state index is 0.344. The van der Waals surface area contributed by atoms with Crippen LogP contribution in [0.3, 0.4) is 0 Å². The molecule has 0 spiro atoms. The van der Waals surface area contributed by atoms with Crippen LogP contribution in [0, 0.1) is 13.8 Å². The smallest absolute Gasteiger partial charge is 0.119 e. The van der Waals surface area contributed by atoms with Gasteiger partial charge in [-0.2, -0.15) is 12.6 Å². The highest BCUT2D eigenvalue weighted by Gasteiger charge is 2.00. The predicted octanol–water partition coefficient (Wildman–Crippen LogP) is 2.91. The van der Waals surface area contributed by atoms with E-state index >= 15 is 0 Å². The fraction of sp³-hybridized carbons (Fsp3) is 0.200. The highest BCUT2D eigenvalue weighted by molar-refractivity contribution is 7.83. The number of benzene rings is 1. The summed E-state index contributed by atoms with van der Waals surface area (Å²) >= 11 is 3.99. The van der Waals surface area contributed by atoms with Gasteiger partial charge in [-0.05, 0) is 48.1 Å². The van der Waals surface area contributed by atoms with Crippen molar-refractivity contribution in [3.8, 4) is 5.75 Å². The number of hydrogen-bond donors (Lipinski definition) is 2. The molecule has 0 unspecified atom stereocenters. The van der Waals surface area contributed by atoms with Gasteiger partial charge >= 0.3 is 0 Å². The zero-order chi connectivity index (χ0) is 9.14. The van der Waals surface area contributed by atoms with Crippen molar-refractivity contribution in [3.63, 3.8) is 0 Å². The number of aryl methyl sites for hydroxylation is 1. The number of rotatable bonds is 1. The first-order valence-electron chi connectivity index (χ1n) is 3.76. The van der Waals surface area contributed by atoms with Gasteiger partial charge in [0.15, 0.2) is 0 Å². The molecule has 64 valence electrons. The fourth-order valence-corrected chi connectivity index (χ4v) is 1.28. The Morgan fingerprint density at radius 1 is 1.33 bits per heavy atom. The van der Waals surface area contributed by atoms with E-state index in [1.807, 2.05) is 26.0 Å². The van der Waals surface area contributed by atoms with Crippen molar-refractivity contribution < 1.29 is 5.11 Å². The van der Waals surface area contributed by atoms with E-state index in [2.05, 4.69) is 12.6 Å². The first kappa shape index (κ1) is 9.20. The number of phenols is 1. The second kappa shape index (κ2) is 3.68. The molecule has 1 rings (SSSR count). The Morgan fingerprint density at radius 2 is 2.00 bits per heavy atom. The van der Waals surface area contributed by atoms with Crippen LogP contribution in [-0.4, -0.2) is 5.11 Å². The lowest BCUT2D eigenvalue weighted by Gasteiger charge is -2.04. The van der Waals surface area contributed by atoms with Crippen molar-refractivity contribution in [1.29, 1.82) is 0 Å². The first-order valence-corrected chi connectivity index (χ1v) is 4.27. The topological polar surface area (TPSA) is 20.2 Å². The van der Waals surface area contributed by atoms with Gasteiger partial charge in [0.2, 0.25) is 0 Å². The monoisotopic (exact) mass is 180 g/mol.